The number of alkyl halides is 3. The van der Waals surface area contributed by atoms with E-state index in [1.165, 1.54) is 18.2 Å². The van der Waals surface area contributed by atoms with Gasteiger partial charge >= 0.3 is 15.5 Å². The van der Waals surface area contributed by atoms with E-state index in [1.807, 2.05) is 25.1 Å². The van der Waals surface area contributed by atoms with Crippen molar-refractivity contribution in [1.82, 2.24) is 4.98 Å². The number of aromatic nitrogens is 1. The van der Waals surface area contributed by atoms with Crippen LogP contribution < -0.4 is 9.46 Å². The Hall–Kier alpha value is -3.11. The Morgan fingerprint density at radius 2 is 1.88 bits per heavy atom. The van der Waals surface area contributed by atoms with Crippen LogP contribution in [-0.2, 0) is 16.4 Å². The predicted octanol–water partition coefficient (Wildman–Crippen LogP) is 4.60. The fraction of sp³-hybridized carbons (Fsp3) is 0.261. The number of rotatable bonds is 5. The van der Waals surface area contributed by atoms with Gasteiger partial charge in [0.2, 0.25) is 0 Å². The van der Waals surface area contributed by atoms with Gasteiger partial charge in [0.05, 0.1) is 18.4 Å². The number of para-hydroxylation sites is 1. The fourth-order valence-electron chi connectivity index (χ4n) is 3.79. The summed E-state index contributed by atoms with van der Waals surface area (Å²) in [7, 11) is -5.57. The highest BCUT2D eigenvalue weighted by molar-refractivity contribution is 7.93. The average molecular weight is 478 g/mol. The van der Waals surface area contributed by atoms with Gasteiger partial charge in [-0.3, -0.25) is 9.71 Å². The molecule has 2 aromatic carbocycles. The summed E-state index contributed by atoms with van der Waals surface area (Å²) in [6, 6.07) is 16.3. The number of nitrogens with zero attached hydrogens (tertiary/aromatic N) is 1. The molecule has 33 heavy (non-hydrogen) atoms. The van der Waals surface area contributed by atoms with E-state index in [0.29, 0.717) is 23.3 Å². The molecule has 0 fully saturated rings. The number of hydrogen-bond donors (Lipinski definition) is 2. The van der Waals surface area contributed by atoms with Gasteiger partial charge in [-0.1, -0.05) is 36.4 Å². The lowest BCUT2D eigenvalue weighted by molar-refractivity contribution is -0.0429. The number of sulfonamides is 1. The molecule has 2 heterocycles. The molecule has 0 saturated heterocycles. The topological polar surface area (TPSA) is 88.5 Å². The molecule has 0 radical (unpaired) electrons. The summed E-state index contributed by atoms with van der Waals surface area (Å²) in [4.78, 5) is 4.46. The summed E-state index contributed by atoms with van der Waals surface area (Å²) in [6.07, 6.45) is -0.296. The van der Waals surface area contributed by atoms with Crippen LogP contribution in [0.25, 0.3) is 11.1 Å². The molecular formula is C23H21F3N2O4S. The van der Waals surface area contributed by atoms with Crippen molar-refractivity contribution in [2.45, 2.75) is 25.0 Å². The number of hydrogen-bond acceptors (Lipinski definition) is 5. The number of ether oxygens (including phenoxy) is 1. The molecule has 0 saturated carbocycles. The molecule has 3 aromatic rings. The van der Waals surface area contributed by atoms with Crippen LogP contribution in [0.4, 0.5) is 18.9 Å². The first-order valence-corrected chi connectivity index (χ1v) is 11.6. The normalized spacial score (nSPS) is 18.3. The van der Waals surface area contributed by atoms with Gasteiger partial charge in [0.1, 0.15) is 5.75 Å². The number of pyridine rings is 1. The molecule has 0 aliphatic carbocycles. The molecule has 2 atom stereocenters. The number of aryl methyl sites for hydroxylation is 1. The molecule has 0 amide bonds. The Bertz CT molecular complexity index is 1280. The number of aliphatic hydroxyl groups is 1. The number of fused-ring (bicyclic) bond motifs is 1. The minimum Gasteiger partial charge on any atom is -0.493 e. The van der Waals surface area contributed by atoms with E-state index in [1.54, 1.807) is 29.0 Å². The minimum atomic E-state index is -5.57. The van der Waals surface area contributed by atoms with Crippen molar-refractivity contribution in [1.29, 1.82) is 0 Å². The highest BCUT2D eigenvalue weighted by Crippen LogP contribution is 2.40. The van der Waals surface area contributed by atoms with E-state index in [-0.39, 0.29) is 23.8 Å². The second-order valence-electron chi connectivity index (χ2n) is 7.84. The third-order valence-electron chi connectivity index (χ3n) is 5.44. The monoisotopic (exact) mass is 478 g/mol. The van der Waals surface area contributed by atoms with Crippen LogP contribution >= 0.6 is 0 Å². The summed E-state index contributed by atoms with van der Waals surface area (Å²) in [5, 5.41) is 10.9. The Kier molecular flexibility index (Phi) is 6.06. The summed E-state index contributed by atoms with van der Waals surface area (Å²) >= 11 is 0. The van der Waals surface area contributed by atoms with E-state index in [9.17, 15) is 26.7 Å². The zero-order valence-corrected chi connectivity index (χ0v) is 18.3. The van der Waals surface area contributed by atoms with Gasteiger partial charge in [-0.15, -0.1) is 0 Å². The van der Waals surface area contributed by atoms with Gasteiger partial charge in [-0.25, -0.2) is 0 Å². The smallest absolute Gasteiger partial charge is 0.493 e. The van der Waals surface area contributed by atoms with Gasteiger partial charge < -0.3 is 9.84 Å². The fourth-order valence-corrected chi connectivity index (χ4v) is 4.38. The van der Waals surface area contributed by atoms with Gasteiger partial charge in [-0.05, 0) is 43.2 Å². The molecule has 1 aliphatic rings. The zero-order chi connectivity index (χ0) is 23.8. The van der Waals surface area contributed by atoms with E-state index in [0.717, 1.165) is 11.4 Å². The van der Waals surface area contributed by atoms with Crippen LogP contribution in [-0.4, -0.2) is 30.6 Å². The maximum absolute atomic E-state index is 12.8. The van der Waals surface area contributed by atoms with Crippen molar-refractivity contribution in [3.05, 3.63) is 77.6 Å². The van der Waals surface area contributed by atoms with Crippen LogP contribution in [0.3, 0.4) is 0 Å². The first kappa shape index (κ1) is 23.1. The standard InChI is InChI=1S/C23H21F3N2O4S/c1-14-5-4-6-17(27-14)11-16-13-32-21-12-15(9-10-19(21)22(16)29)18-7-2-3-8-20(18)28-33(30,31)23(24,25)26/h2-10,12,16,22,28-29H,11,13H2,1H3/t16-,22+/m0/s1. The maximum atomic E-state index is 12.8. The highest BCUT2D eigenvalue weighted by atomic mass is 32.2. The van der Waals surface area contributed by atoms with Crippen molar-refractivity contribution < 1.29 is 31.4 Å². The molecule has 2 N–H and O–H groups in total. The molecule has 6 nitrogen and oxygen atoms in total. The second kappa shape index (κ2) is 8.68. The van der Waals surface area contributed by atoms with Crippen molar-refractivity contribution >= 4 is 15.7 Å². The Balaban J connectivity index is 1.61. The van der Waals surface area contributed by atoms with E-state index < -0.39 is 21.6 Å². The maximum Gasteiger partial charge on any atom is 0.516 e. The van der Waals surface area contributed by atoms with Gasteiger partial charge in [0, 0.05) is 28.4 Å². The third kappa shape index (κ3) is 4.81. The Morgan fingerprint density at radius 1 is 1.12 bits per heavy atom. The van der Waals surface area contributed by atoms with Crippen LogP contribution in [0.5, 0.6) is 5.75 Å². The van der Waals surface area contributed by atoms with Gasteiger partial charge in [0.25, 0.3) is 0 Å². The van der Waals surface area contributed by atoms with Crippen LogP contribution in [0.2, 0.25) is 0 Å². The largest absolute Gasteiger partial charge is 0.516 e. The van der Waals surface area contributed by atoms with Gasteiger partial charge in [0.15, 0.2) is 0 Å². The van der Waals surface area contributed by atoms with Crippen LogP contribution in [0.1, 0.15) is 23.1 Å². The summed E-state index contributed by atoms with van der Waals surface area (Å²) in [6.45, 7) is 2.12. The molecule has 174 valence electrons. The van der Waals surface area contributed by atoms with Crippen molar-refractivity contribution in [2.75, 3.05) is 11.3 Å². The highest BCUT2D eigenvalue weighted by Gasteiger charge is 2.46. The quantitative estimate of drug-likeness (QED) is 0.560. The average Bonchev–Trinajstić information content (AvgIpc) is 2.75. The van der Waals surface area contributed by atoms with Crippen molar-refractivity contribution in [3.63, 3.8) is 0 Å². The molecule has 0 bridgehead atoms. The molecule has 0 spiro atoms. The summed E-state index contributed by atoms with van der Waals surface area (Å²) in [5.74, 6) is 0.172. The lowest BCUT2D eigenvalue weighted by Crippen LogP contribution is -2.30. The third-order valence-corrected chi connectivity index (χ3v) is 6.53. The number of aliphatic hydroxyl groups excluding tert-OH is 1. The van der Waals surface area contributed by atoms with E-state index in [2.05, 4.69) is 4.98 Å². The second-order valence-corrected chi connectivity index (χ2v) is 9.51. The molecular weight excluding hydrogens is 457 g/mol. The Morgan fingerprint density at radius 3 is 2.61 bits per heavy atom. The van der Waals surface area contributed by atoms with E-state index in [4.69, 9.17) is 4.74 Å². The van der Waals surface area contributed by atoms with E-state index >= 15 is 0 Å². The molecule has 4 rings (SSSR count). The predicted molar refractivity (Wildman–Crippen MR) is 117 cm³/mol. The zero-order valence-electron chi connectivity index (χ0n) is 17.5. The van der Waals surface area contributed by atoms with Gasteiger partial charge in [-0.2, -0.15) is 21.6 Å². The molecule has 10 heteroatoms. The van der Waals surface area contributed by atoms with Crippen LogP contribution in [0.15, 0.2) is 60.7 Å². The lowest BCUT2D eigenvalue weighted by Gasteiger charge is -2.30. The first-order chi connectivity index (χ1) is 15.5. The molecule has 1 aromatic heterocycles. The molecule has 0 unspecified atom stereocenters. The number of anilines is 1. The number of benzene rings is 2. The summed E-state index contributed by atoms with van der Waals surface area (Å²) in [5.41, 5.74) is -2.69. The van der Waals surface area contributed by atoms with Crippen molar-refractivity contribution in [3.8, 4) is 16.9 Å². The SMILES string of the molecule is Cc1cccc(C[C@H]2COc3cc(-c4ccccc4NS(=O)(=O)C(F)(F)F)ccc3[C@@H]2O)n1. The molecule has 1 aliphatic heterocycles. The number of halogens is 3. The van der Waals surface area contributed by atoms with Crippen LogP contribution in [0, 0.1) is 12.8 Å². The van der Waals surface area contributed by atoms with Crippen molar-refractivity contribution in [2.24, 2.45) is 5.92 Å². The summed E-state index contributed by atoms with van der Waals surface area (Å²) < 4.78 is 69.1. The lowest BCUT2D eigenvalue weighted by atomic mass is 9.88. The minimum absolute atomic E-state index is 0.213. The number of nitrogens with one attached hydrogen (secondary N) is 1. The first-order valence-electron chi connectivity index (χ1n) is 10.1. The Labute approximate surface area is 189 Å².